The van der Waals surface area contributed by atoms with Crippen LogP contribution in [0.1, 0.15) is 16.1 Å². The molecule has 0 aliphatic rings. The van der Waals surface area contributed by atoms with E-state index >= 15 is 0 Å². The summed E-state index contributed by atoms with van der Waals surface area (Å²) in [6.45, 7) is 0.107. The molecule has 0 saturated heterocycles. The number of para-hydroxylation sites is 1. The predicted molar refractivity (Wildman–Crippen MR) is 69.7 cm³/mol. The van der Waals surface area contributed by atoms with E-state index in [2.05, 4.69) is 5.10 Å². The van der Waals surface area contributed by atoms with Crippen LogP contribution in [0.2, 0.25) is 0 Å². The lowest BCUT2D eigenvalue weighted by Crippen LogP contribution is -2.09. The van der Waals surface area contributed by atoms with Gasteiger partial charge in [0.25, 0.3) is 0 Å². The molecule has 1 aromatic heterocycles. The molecule has 0 atom stereocenters. The number of aryl methyl sites for hydroxylation is 1. The van der Waals surface area contributed by atoms with Crippen LogP contribution in [0, 0.1) is 0 Å². The molecule has 1 aromatic carbocycles. The normalized spacial score (nSPS) is 10.2. The van der Waals surface area contributed by atoms with Gasteiger partial charge in [0.2, 0.25) is 0 Å². The molecule has 2 N–H and O–H groups in total. The number of nitrogens with two attached hydrogens (primary N) is 1. The molecule has 0 fully saturated rings. The van der Waals surface area contributed by atoms with Gasteiger partial charge >= 0.3 is 5.97 Å². The Balaban J connectivity index is 2.08. The van der Waals surface area contributed by atoms with Crippen LogP contribution in [0.25, 0.3) is 0 Å². The Bertz CT molecular complexity index is 593. The lowest BCUT2D eigenvalue weighted by molar-refractivity contribution is 0.0468. The number of carbonyl (C=O) groups excluding carboxylic acids is 1. The Hall–Kier alpha value is -2.50. The number of benzene rings is 1. The Morgan fingerprint density at radius 3 is 2.84 bits per heavy atom. The minimum atomic E-state index is -0.498. The number of carbonyl (C=O) groups is 1. The fourth-order valence-electron chi connectivity index (χ4n) is 1.66. The number of ether oxygens (including phenoxy) is 2. The lowest BCUT2D eigenvalue weighted by atomic mass is 10.1. The fraction of sp³-hybridized carbons (Fsp3) is 0.231. The average molecular weight is 261 g/mol. The molecule has 0 aliphatic carbocycles. The van der Waals surface area contributed by atoms with Crippen molar-refractivity contribution < 1.29 is 14.3 Å². The van der Waals surface area contributed by atoms with Gasteiger partial charge in [-0.15, -0.1) is 0 Å². The van der Waals surface area contributed by atoms with E-state index < -0.39 is 5.97 Å². The maximum absolute atomic E-state index is 11.9. The van der Waals surface area contributed by atoms with Crippen LogP contribution in [0.3, 0.4) is 0 Å². The van der Waals surface area contributed by atoms with Gasteiger partial charge in [-0.25, -0.2) is 4.79 Å². The van der Waals surface area contributed by atoms with Crippen LogP contribution in [0.15, 0.2) is 30.5 Å². The van der Waals surface area contributed by atoms with Crippen molar-refractivity contribution in [2.75, 3.05) is 12.8 Å². The van der Waals surface area contributed by atoms with Crippen LogP contribution in [0.5, 0.6) is 5.75 Å². The third kappa shape index (κ3) is 2.85. The SMILES string of the molecule is COc1cccc(C(=O)OCc2ccn(C)n2)c1N. The number of hydrogen-bond acceptors (Lipinski definition) is 5. The molecule has 2 rings (SSSR count). The van der Waals surface area contributed by atoms with Gasteiger partial charge in [-0.2, -0.15) is 5.10 Å². The van der Waals surface area contributed by atoms with Crippen LogP contribution in [-0.2, 0) is 18.4 Å². The molecule has 1 heterocycles. The first-order valence-electron chi connectivity index (χ1n) is 5.70. The van der Waals surface area contributed by atoms with E-state index in [9.17, 15) is 4.79 Å². The topological polar surface area (TPSA) is 79.4 Å². The van der Waals surface area contributed by atoms with E-state index in [1.165, 1.54) is 7.11 Å². The molecule has 0 aliphatic heterocycles. The summed E-state index contributed by atoms with van der Waals surface area (Å²) in [5.41, 5.74) is 7.06. The van der Waals surface area contributed by atoms with Gasteiger partial charge in [-0.05, 0) is 18.2 Å². The summed E-state index contributed by atoms with van der Waals surface area (Å²) in [5.74, 6) is -0.0469. The van der Waals surface area contributed by atoms with E-state index in [1.54, 1.807) is 42.2 Å². The van der Waals surface area contributed by atoms with Gasteiger partial charge in [0.05, 0.1) is 24.1 Å². The summed E-state index contributed by atoms with van der Waals surface area (Å²) in [6, 6.07) is 6.75. The highest BCUT2D eigenvalue weighted by Crippen LogP contribution is 2.25. The first-order chi connectivity index (χ1) is 9.11. The van der Waals surface area contributed by atoms with Crippen molar-refractivity contribution >= 4 is 11.7 Å². The molecule has 6 heteroatoms. The zero-order valence-corrected chi connectivity index (χ0v) is 10.8. The monoisotopic (exact) mass is 261 g/mol. The second-order valence-electron chi connectivity index (χ2n) is 3.98. The van der Waals surface area contributed by atoms with Crippen molar-refractivity contribution in [2.24, 2.45) is 7.05 Å². The van der Waals surface area contributed by atoms with E-state index in [0.29, 0.717) is 11.4 Å². The maximum Gasteiger partial charge on any atom is 0.340 e. The van der Waals surface area contributed by atoms with Gasteiger partial charge < -0.3 is 15.2 Å². The number of aromatic nitrogens is 2. The van der Waals surface area contributed by atoms with Crippen LogP contribution < -0.4 is 10.5 Å². The smallest absolute Gasteiger partial charge is 0.340 e. The third-order valence-electron chi connectivity index (χ3n) is 2.63. The highest BCUT2D eigenvalue weighted by Gasteiger charge is 2.14. The summed E-state index contributed by atoms with van der Waals surface area (Å²) in [6.07, 6.45) is 1.78. The number of nitrogens with zero attached hydrogens (tertiary/aromatic N) is 2. The summed E-state index contributed by atoms with van der Waals surface area (Å²) in [5, 5.41) is 4.12. The molecule has 6 nitrogen and oxygen atoms in total. The van der Waals surface area contributed by atoms with Crippen LogP contribution >= 0.6 is 0 Å². The first-order valence-corrected chi connectivity index (χ1v) is 5.70. The second-order valence-corrected chi connectivity index (χ2v) is 3.98. The molecule has 19 heavy (non-hydrogen) atoms. The van der Waals surface area contributed by atoms with Crippen molar-refractivity contribution in [3.63, 3.8) is 0 Å². The molecule has 0 bridgehead atoms. The Kier molecular flexibility index (Phi) is 3.70. The minimum Gasteiger partial charge on any atom is -0.495 e. The zero-order chi connectivity index (χ0) is 13.8. The van der Waals surface area contributed by atoms with Crippen molar-refractivity contribution in [2.45, 2.75) is 6.61 Å². The van der Waals surface area contributed by atoms with Gasteiger partial charge in [0.1, 0.15) is 12.4 Å². The fourth-order valence-corrected chi connectivity index (χ4v) is 1.66. The summed E-state index contributed by atoms with van der Waals surface area (Å²) in [4.78, 5) is 11.9. The van der Waals surface area contributed by atoms with E-state index in [-0.39, 0.29) is 17.9 Å². The van der Waals surface area contributed by atoms with Gasteiger partial charge in [-0.3, -0.25) is 4.68 Å². The molecule has 0 amide bonds. The minimum absolute atomic E-state index is 0.107. The molecule has 0 radical (unpaired) electrons. The van der Waals surface area contributed by atoms with Crippen molar-refractivity contribution in [1.29, 1.82) is 0 Å². The Labute approximate surface area is 110 Å². The molecule has 0 saturated carbocycles. The van der Waals surface area contributed by atoms with Crippen molar-refractivity contribution in [3.05, 3.63) is 41.7 Å². The van der Waals surface area contributed by atoms with E-state index in [4.69, 9.17) is 15.2 Å². The molecule has 2 aromatic rings. The van der Waals surface area contributed by atoms with E-state index in [1.807, 2.05) is 0 Å². The maximum atomic E-state index is 11.9. The number of esters is 1. The summed E-state index contributed by atoms with van der Waals surface area (Å²) >= 11 is 0. The Morgan fingerprint density at radius 2 is 2.21 bits per heavy atom. The number of methoxy groups -OCH3 is 1. The second kappa shape index (κ2) is 5.43. The standard InChI is InChI=1S/C13H15N3O3/c1-16-7-6-9(15-16)8-19-13(17)10-4-3-5-11(18-2)12(10)14/h3-7H,8,14H2,1-2H3. The van der Waals surface area contributed by atoms with Gasteiger partial charge in [0.15, 0.2) is 0 Å². The quantitative estimate of drug-likeness (QED) is 0.664. The largest absolute Gasteiger partial charge is 0.495 e. The predicted octanol–water partition coefficient (Wildman–Crippen LogP) is 1.37. The number of anilines is 1. The number of rotatable bonds is 4. The number of hydrogen-bond donors (Lipinski definition) is 1. The van der Waals surface area contributed by atoms with E-state index in [0.717, 1.165) is 0 Å². The molecular weight excluding hydrogens is 246 g/mol. The molecular formula is C13H15N3O3. The molecule has 0 spiro atoms. The zero-order valence-electron chi connectivity index (χ0n) is 10.8. The van der Waals surface area contributed by atoms with Crippen molar-refractivity contribution in [1.82, 2.24) is 9.78 Å². The van der Waals surface area contributed by atoms with Crippen molar-refractivity contribution in [3.8, 4) is 5.75 Å². The van der Waals surface area contributed by atoms with Gasteiger partial charge in [-0.1, -0.05) is 6.07 Å². The molecule has 0 unspecified atom stereocenters. The highest BCUT2D eigenvalue weighted by molar-refractivity contribution is 5.96. The lowest BCUT2D eigenvalue weighted by Gasteiger charge is -2.09. The molecule has 100 valence electrons. The summed E-state index contributed by atoms with van der Waals surface area (Å²) in [7, 11) is 3.29. The first kappa shape index (κ1) is 12.9. The number of nitrogen functional groups attached to an aromatic ring is 1. The third-order valence-corrected chi connectivity index (χ3v) is 2.63. The van der Waals surface area contributed by atoms with Crippen LogP contribution in [-0.4, -0.2) is 22.9 Å². The van der Waals surface area contributed by atoms with Gasteiger partial charge in [0, 0.05) is 13.2 Å². The highest BCUT2D eigenvalue weighted by atomic mass is 16.5. The average Bonchev–Trinajstić information content (AvgIpc) is 2.82. The Morgan fingerprint density at radius 1 is 1.42 bits per heavy atom. The summed E-state index contributed by atoms with van der Waals surface area (Å²) < 4.78 is 11.9. The van der Waals surface area contributed by atoms with Crippen LogP contribution in [0.4, 0.5) is 5.69 Å².